The van der Waals surface area contributed by atoms with Gasteiger partial charge in [-0.05, 0) is 32.0 Å². The third-order valence-corrected chi connectivity index (χ3v) is 5.92. The number of rotatable bonds is 7. The van der Waals surface area contributed by atoms with Gasteiger partial charge >= 0.3 is 0 Å². The quantitative estimate of drug-likeness (QED) is 0.559. The zero-order chi connectivity index (χ0) is 22.7. The maximum atomic E-state index is 13.0. The largest absolute Gasteiger partial charge is 0.488 e. The van der Waals surface area contributed by atoms with E-state index in [1.807, 2.05) is 13.0 Å². The molecule has 0 bridgehead atoms. The first-order valence-corrected chi connectivity index (χ1v) is 10.9. The highest BCUT2D eigenvalue weighted by molar-refractivity contribution is 7.14. The number of amides is 1. The predicted octanol–water partition coefficient (Wildman–Crippen LogP) is 4.50. The lowest BCUT2D eigenvalue weighted by Gasteiger charge is -2.17. The van der Waals surface area contributed by atoms with E-state index < -0.39 is 18.3 Å². The van der Waals surface area contributed by atoms with Crippen molar-refractivity contribution >= 4 is 17.2 Å². The van der Waals surface area contributed by atoms with Crippen LogP contribution >= 0.6 is 11.3 Å². The van der Waals surface area contributed by atoms with Gasteiger partial charge in [0.25, 0.3) is 12.3 Å². The fourth-order valence-electron chi connectivity index (χ4n) is 3.26. The van der Waals surface area contributed by atoms with E-state index in [-0.39, 0.29) is 12.0 Å². The Bertz CT molecular complexity index is 1090. The SMILES string of the molecule is Cc1cnc(-c2cc(O[C@H]3CCOC3)cc(C(=O)NC(C)c3cnc(C(F)F)nc3)c2)s1. The Morgan fingerprint density at radius 1 is 1.22 bits per heavy atom. The van der Waals surface area contributed by atoms with Crippen LogP contribution in [0.1, 0.15) is 52.4 Å². The minimum atomic E-state index is -2.74. The van der Waals surface area contributed by atoms with Crippen molar-refractivity contribution in [3.05, 3.63) is 58.6 Å². The number of carbonyl (C=O) groups is 1. The normalized spacial score (nSPS) is 16.8. The fraction of sp³-hybridized carbons (Fsp3) is 0.364. The maximum Gasteiger partial charge on any atom is 0.297 e. The number of alkyl halides is 2. The molecule has 1 aromatic carbocycles. The number of hydrogen-bond acceptors (Lipinski definition) is 7. The number of nitrogens with one attached hydrogen (secondary N) is 1. The van der Waals surface area contributed by atoms with Crippen molar-refractivity contribution in [2.75, 3.05) is 13.2 Å². The van der Waals surface area contributed by atoms with Gasteiger partial charge in [0.2, 0.25) is 0 Å². The number of nitrogens with zero attached hydrogens (tertiary/aromatic N) is 3. The van der Waals surface area contributed by atoms with E-state index in [1.165, 1.54) is 23.7 Å². The van der Waals surface area contributed by atoms with E-state index in [0.717, 1.165) is 21.9 Å². The van der Waals surface area contributed by atoms with Crippen LogP contribution in [0, 0.1) is 6.92 Å². The first-order chi connectivity index (χ1) is 15.4. The van der Waals surface area contributed by atoms with Gasteiger partial charge in [-0.15, -0.1) is 11.3 Å². The molecule has 7 nitrogen and oxygen atoms in total. The molecule has 1 unspecified atom stereocenters. The van der Waals surface area contributed by atoms with Crippen molar-refractivity contribution in [1.82, 2.24) is 20.3 Å². The van der Waals surface area contributed by atoms with Crippen LogP contribution in [0.15, 0.2) is 36.8 Å². The second kappa shape index (κ2) is 9.66. The zero-order valence-corrected chi connectivity index (χ0v) is 18.4. The lowest BCUT2D eigenvalue weighted by molar-refractivity contribution is 0.0938. The van der Waals surface area contributed by atoms with Crippen molar-refractivity contribution in [2.24, 2.45) is 0 Å². The van der Waals surface area contributed by atoms with E-state index in [9.17, 15) is 13.6 Å². The van der Waals surface area contributed by atoms with Crippen molar-refractivity contribution in [3.8, 4) is 16.3 Å². The maximum absolute atomic E-state index is 13.0. The molecule has 2 atom stereocenters. The standard InChI is InChI=1S/C22H22F2N4O3S/c1-12-8-27-22(32-12)15-5-14(6-18(7-15)31-17-3-4-30-11-17)21(29)28-13(2)16-9-25-20(19(23)24)26-10-16/h5-10,13,17,19H,3-4,11H2,1-2H3,(H,28,29)/t13?,17-/m0/s1. The fourth-order valence-corrected chi connectivity index (χ4v) is 4.01. The van der Waals surface area contributed by atoms with Crippen LogP contribution in [0.5, 0.6) is 5.75 Å². The van der Waals surface area contributed by atoms with Gasteiger partial charge < -0.3 is 14.8 Å². The van der Waals surface area contributed by atoms with E-state index in [0.29, 0.717) is 30.1 Å². The van der Waals surface area contributed by atoms with Crippen LogP contribution in [0.3, 0.4) is 0 Å². The predicted molar refractivity (Wildman–Crippen MR) is 115 cm³/mol. The van der Waals surface area contributed by atoms with Gasteiger partial charge in [-0.3, -0.25) is 4.79 Å². The highest BCUT2D eigenvalue weighted by Crippen LogP contribution is 2.31. The summed E-state index contributed by atoms with van der Waals surface area (Å²) in [5.74, 6) is -0.317. The summed E-state index contributed by atoms with van der Waals surface area (Å²) in [7, 11) is 0. The first kappa shape index (κ1) is 22.2. The molecule has 1 amide bonds. The van der Waals surface area contributed by atoms with Gasteiger partial charge in [-0.25, -0.2) is 23.7 Å². The van der Waals surface area contributed by atoms with Crippen LogP contribution in [-0.2, 0) is 4.74 Å². The Labute approximate surface area is 187 Å². The van der Waals surface area contributed by atoms with Crippen LogP contribution < -0.4 is 10.1 Å². The number of halogens is 2. The summed E-state index contributed by atoms with van der Waals surface area (Å²) in [5.41, 5.74) is 1.71. The molecule has 0 aliphatic carbocycles. The van der Waals surface area contributed by atoms with Crippen molar-refractivity contribution < 1.29 is 23.0 Å². The molecule has 0 spiro atoms. The summed E-state index contributed by atoms with van der Waals surface area (Å²) in [5, 5.41) is 3.65. The number of thiazole rings is 1. The van der Waals surface area contributed by atoms with Gasteiger partial charge in [-0.1, -0.05) is 0 Å². The van der Waals surface area contributed by atoms with Crippen LogP contribution in [0.4, 0.5) is 8.78 Å². The molecule has 1 aliphatic rings. The Balaban J connectivity index is 1.56. The highest BCUT2D eigenvalue weighted by Gasteiger charge is 2.20. The molecular weight excluding hydrogens is 438 g/mol. The second-order valence-corrected chi connectivity index (χ2v) is 8.73. The molecule has 1 saturated heterocycles. The van der Waals surface area contributed by atoms with Crippen LogP contribution in [0.25, 0.3) is 10.6 Å². The molecule has 0 radical (unpaired) electrons. The molecule has 1 fully saturated rings. The summed E-state index contributed by atoms with van der Waals surface area (Å²) >= 11 is 1.53. The van der Waals surface area contributed by atoms with Crippen LogP contribution in [-0.4, -0.2) is 40.2 Å². The number of hydrogen-bond donors (Lipinski definition) is 1. The minimum Gasteiger partial charge on any atom is -0.488 e. The smallest absolute Gasteiger partial charge is 0.297 e. The topological polar surface area (TPSA) is 86.2 Å². The third kappa shape index (κ3) is 5.25. The Morgan fingerprint density at radius 3 is 2.62 bits per heavy atom. The Hall–Kier alpha value is -2.98. The number of carbonyl (C=O) groups excluding carboxylic acids is 1. The van der Waals surface area contributed by atoms with E-state index >= 15 is 0 Å². The van der Waals surface area contributed by atoms with Gasteiger partial charge in [0.1, 0.15) is 16.9 Å². The summed E-state index contributed by atoms with van der Waals surface area (Å²) in [6.45, 7) is 4.86. The summed E-state index contributed by atoms with van der Waals surface area (Å²) < 4.78 is 36.8. The van der Waals surface area contributed by atoms with Gasteiger partial charge in [0, 0.05) is 46.6 Å². The molecular formula is C22H22F2N4O3S. The zero-order valence-electron chi connectivity index (χ0n) is 17.5. The number of aryl methyl sites for hydroxylation is 1. The summed E-state index contributed by atoms with van der Waals surface area (Å²) in [4.78, 5) is 25.8. The van der Waals surface area contributed by atoms with Crippen molar-refractivity contribution in [1.29, 1.82) is 0 Å². The highest BCUT2D eigenvalue weighted by atomic mass is 32.1. The average Bonchev–Trinajstić information content (AvgIpc) is 3.45. The van der Waals surface area contributed by atoms with Crippen molar-refractivity contribution in [2.45, 2.75) is 38.8 Å². The Kier molecular flexibility index (Phi) is 6.71. The van der Waals surface area contributed by atoms with Gasteiger partial charge in [-0.2, -0.15) is 0 Å². The monoisotopic (exact) mass is 460 g/mol. The van der Waals surface area contributed by atoms with E-state index in [2.05, 4.69) is 20.3 Å². The molecule has 0 saturated carbocycles. The Morgan fingerprint density at radius 2 is 2.00 bits per heavy atom. The van der Waals surface area contributed by atoms with E-state index in [4.69, 9.17) is 9.47 Å². The first-order valence-electron chi connectivity index (χ1n) is 10.1. The molecule has 1 aliphatic heterocycles. The second-order valence-electron chi connectivity index (χ2n) is 7.50. The van der Waals surface area contributed by atoms with Gasteiger partial charge in [0.05, 0.1) is 19.3 Å². The lowest BCUT2D eigenvalue weighted by atomic mass is 10.1. The minimum absolute atomic E-state index is 0.0661. The van der Waals surface area contributed by atoms with E-state index in [1.54, 1.807) is 25.3 Å². The molecule has 3 aromatic rings. The molecule has 1 N–H and O–H groups in total. The molecule has 3 heterocycles. The summed E-state index contributed by atoms with van der Waals surface area (Å²) in [6, 6.07) is 4.83. The average molecular weight is 461 g/mol. The molecule has 2 aromatic heterocycles. The lowest BCUT2D eigenvalue weighted by Crippen LogP contribution is -2.27. The number of aromatic nitrogens is 3. The van der Waals surface area contributed by atoms with Crippen molar-refractivity contribution in [3.63, 3.8) is 0 Å². The molecule has 168 valence electrons. The molecule has 4 rings (SSSR count). The third-order valence-electron chi connectivity index (χ3n) is 4.96. The molecule has 32 heavy (non-hydrogen) atoms. The number of ether oxygens (including phenoxy) is 2. The molecule has 10 heteroatoms. The summed E-state index contributed by atoms with van der Waals surface area (Å²) in [6.07, 6.45) is 2.35. The van der Waals surface area contributed by atoms with Crippen LogP contribution in [0.2, 0.25) is 0 Å². The number of benzene rings is 1. The van der Waals surface area contributed by atoms with Gasteiger partial charge in [0.15, 0.2) is 5.82 Å².